The third kappa shape index (κ3) is 4.85. The van der Waals surface area contributed by atoms with Crippen molar-refractivity contribution in [2.45, 2.75) is 13.8 Å². The minimum atomic E-state index is -0.705. The predicted molar refractivity (Wildman–Crippen MR) is 134 cm³/mol. The van der Waals surface area contributed by atoms with Gasteiger partial charge in [-0.3, -0.25) is 9.59 Å². The monoisotopic (exact) mass is 504 g/mol. The minimum absolute atomic E-state index is 0.107. The van der Waals surface area contributed by atoms with Crippen LogP contribution in [0.5, 0.6) is 5.75 Å². The van der Waals surface area contributed by atoms with E-state index < -0.39 is 23.8 Å². The van der Waals surface area contributed by atoms with Gasteiger partial charge in [-0.05, 0) is 79.6 Å². The fraction of sp³-hybridized carbons (Fsp3) is 0.111. The Labute approximate surface area is 212 Å². The van der Waals surface area contributed by atoms with Crippen LogP contribution in [0.1, 0.15) is 31.8 Å². The Bertz CT molecular complexity index is 1410. The number of carbonyl (C=O) groups excluding carboxylic acids is 4. The van der Waals surface area contributed by atoms with Gasteiger partial charge >= 0.3 is 11.9 Å². The molecule has 0 atom stereocenters. The van der Waals surface area contributed by atoms with E-state index in [9.17, 15) is 19.2 Å². The predicted octanol–water partition coefficient (Wildman–Crippen LogP) is 4.74. The van der Waals surface area contributed by atoms with Gasteiger partial charge in [0.2, 0.25) is 0 Å². The molecule has 4 rings (SSSR count). The number of aryl methyl sites for hydroxylation is 2. The maximum atomic E-state index is 13.0. The van der Waals surface area contributed by atoms with Crippen LogP contribution < -0.4 is 15.0 Å². The molecular formula is C27H21ClN2O6. The molecule has 36 heavy (non-hydrogen) atoms. The van der Waals surface area contributed by atoms with Gasteiger partial charge < -0.3 is 14.8 Å². The second-order valence-electron chi connectivity index (χ2n) is 8.03. The lowest BCUT2D eigenvalue weighted by Crippen LogP contribution is -2.32. The molecule has 1 heterocycles. The van der Waals surface area contributed by atoms with Crippen molar-refractivity contribution in [1.82, 2.24) is 0 Å². The third-order valence-electron chi connectivity index (χ3n) is 5.51. The highest BCUT2D eigenvalue weighted by Gasteiger charge is 2.39. The molecule has 0 unspecified atom stereocenters. The summed E-state index contributed by atoms with van der Waals surface area (Å²) in [6.07, 6.45) is 0. The summed E-state index contributed by atoms with van der Waals surface area (Å²) in [6, 6.07) is 17.6. The quantitative estimate of drug-likeness (QED) is 0.294. The zero-order valence-electron chi connectivity index (χ0n) is 19.6. The smallest absolute Gasteiger partial charge is 0.343 e. The van der Waals surface area contributed by atoms with Crippen molar-refractivity contribution in [3.8, 4) is 5.75 Å². The maximum Gasteiger partial charge on any atom is 0.343 e. The highest BCUT2D eigenvalue weighted by molar-refractivity contribution is 6.53. The maximum absolute atomic E-state index is 13.0. The van der Waals surface area contributed by atoms with Crippen LogP contribution in [-0.2, 0) is 14.3 Å². The molecule has 0 aromatic heterocycles. The molecule has 1 aliphatic rings. The zero-order chi connectivity index (χ0) is 26.0. The Hall–Kier alpha value is -4.43. The van der Waals surface area contributed by atoms with Gasteiger partial charge in [0.15, 0.2) is 0 Å². The molecule has 2 amide bonds. The Morgan fingerprint density at radius 3 is 2.08 bits per heavy atom. The second kappa shape index (κ2) is 10.1. The molecule has 3 aromatic rings. The lowest BCUT2D eigenvalue weighted by atomic mass is 10.1. The van der Waals surface area contributed by atoms with Gasteiger partial charge in [-0.1, -0.05) is 23.7 Å². The molecule has 1 N–H and O–H groups in total. The number of ether oxygens (including phenoxy) is 2. The number of rotatable bonds is 6. The van der Waals surface area contributed by atoms with Gasteiger partial charge in [0.1, 0.15) is 16.5 Å². The number of esters is 2. The number of imide groups is 1. The number of halogens is 1. The van der Waals surface area contributed by atoms with E-state index in [0.29, 0.717) is 17.0 Å². The standard InChI is InChI=1S/C27H21ClN2O6/c1-15-4-5-16(2)21(14-15)36-27(34)18-6-10-19(11-7-18)29-23-22(28)24(31)30(25(23)32)20-12-8-17(9-13-20)26(33)35-3/h4-14,29H,1-3H3. The first-order chi connectivity index (χ1) is 17.2. The summed E-state index contributed by atoms with van der Waals surface area (Å²) >= 11 is 6.18. The molecule has 3 aromatic carbocycles. The number of amides is 2. The molecule has 0 spiro atoms. The number of anilines is 2. The highest BCUT2D eigenvalue weighted by Crippen LogP contribution is 2.30. The van der Waals surface area contributed by atoms with E-state index in [1.165, 1.54) is 43.5 Å². The van der Waals surface area contributed by atoms with Crippen LogP contribution in [0.25, 0.3) is 0 Å². The summed E-state index contributed by atoms with van der Waals surface area (Å²) < 4.78 is 10.2. The van der Waals surface area contributed by atoms with Gasteiger partial charge in [-0.2, -0.15) is 0 Å². The Balaban J connectivity index is 1.47. The average molecular weight is 505 g/mol. The van der Waals surface area contributed by atoms with E-state index in [0.717, 1.165) is 16.0 Å². The van der Waals surface area contributed by atoms with Crippen LogP contribution in [-0.4, -0.2) is 30.9 Å². The van der Waals surface area contributed by atoms with Gasteiger partial charge in [0, 0.05) is 5.69 Å². The summed E-state index contributed by atoms with van der Waals surface area (Å²) in [7, 11) is 1.26. The van der Waals surface area contributed by atoms with Crippen LogP contribution in [0.3, 0.4) is 0 Å². The summed E-state index contributed by atoms with van der Waals surface area (Å²) in [5.41, 5.74) is 2.97. The summed E-state index contributed by atoms with van der Waals surface area (Å²) in [5.74, 6) is -1.95. The van der Waals surface area contributed by atoms with Crippen molar-refractivity contribution in [2.75, 3.05) is 17.3 Å². The summed E-state index contributed by atoms with van der Waals surface area (Å²) in [6.45, 7) is 3.76. The van der Waals surface area contributed by atoms with E-state index in [1.807, 2.05) is 26.0 Å². The first-order valence-electron chi connectivity index (χ1n) is 10.8. The lowest BCUT2D eigenvalue weighted by Gasteiger charge is -2.15. The van der Waals surface area contributed by atoms with Crippen molar-refractivity contribution in [1.29, 1.82) is 0 Å². The third-order valence-corrected chi connectivity index (χ3v) is 5.86. The van der Waals surface area contributed by atoms with Crippen LogP contribution in [0.15, 0.2) is 77.5 Å². The average Bonchev–Trinajstić information content (AvgIpc) is 3.09. The molecule has 0 saturated carbocycles. The fourth-order valence-corrected chi connectivity index (χ4v) is 3.73. The lowest BCUT2D eigenvalue weighted by molar-refractivity contribution is -0.120. The van der Waals surface area contributed by atoms with Gasteiger partial charge in [-0.15, -0.1) is 0 Å². The van der Waals surface area contributed by atoms with Crippen molar-refractivity contribution in [3.63, 3.8) is 0 Å². The minimum Gasteiger partial charge on any atom is -0.465 e. The number of methoxy groups -OCH3 is 1. The first-order valence-corrected chi connectivity index (χ1v) is 11.2. The molecule has 1 aliphatic heterocycles. The second-order valence-corrected chi connectivity index (χ2v) is 8.41. The van der Waals surface area contributed by atoms with Crippen molar-refractivity contribution < 1.29 is 28.7 Å². The van der Waals surface area contributed by atoms with Crippen LogP contribution in [0, 0.1) is 13.8 Å². The SMILES string of the molecule is COC(=O)c1ccc(N2C(=O)C(Cl)=C(Nc3ccc(C(=O)Oc4cc(C)ccc4C)cc3)C2=O)cc1. The summed E-state index contributed by atoms with van der Waals surface area (Å²) in [5, 5.41) is 2.57. The van der Waals surface area contributed by atoms with E-state index in [2.05, 4.69) is 10.1 Å². The molecule has 0 bridgehead atoms. The Kier molecular flexibility index (Phi) is 6.89. The number of hydrogen-bond donors (Lipinski definition) is 1. The van der Waals surface area contributed by atoms with Gasteiger partial charge in [-0.25, -0.2) is 14.5 Å². The van der Waals surface area contributed by atoms with Crippen LogP contribution in [0.4, 0.5) is 11.4 Å². The number of carbonyl (C=O) groups is 4. The number of benzene rings is 3. The van der Waals surface area contributed by atoms with E-state index in [-0.39, 0.29) is 22.0 Å². The number of hydrogen-bond acceptors (Lipinski definition) is 7. The topological polar surface area (TPSA) is 102 Å². The largest absolute Gasteiger partial charge is 0.465 e. The van der Waals surface area contributed by atoms with Gasteiger partial charge in [0.05, 0.1) is 23.9 Å². The van der Waals surface area contributed by atoms with Gasteiger partial charge in [0.25, 0.3) is 11.8 Å². The molecule has 0 aliphatic carbocycles. The zero-order valence-corrected chi connectivity index (χ0v) is 20.4. The molecule has 9 heteroatoms. The first kappa shape index (κ1) is 24.7. The van der Waals surface area contributed by atoms with Crippen molar-refractivity contribution in [3.05, 3.63) is 99.7 Å². The Morgan fingerprint density at radius 1 is 0.833 bits per heavy atom. The Morgan fingerprint density at radius 2 is 1.44 bits per heavy atom. The van der Waals surface area contributed by atoms with E-state index in [4.69, 9.17) is 16.3 Å². The highest BCUT2D eigenvalue weighted by atomic mass is 35.5. The molecular weight excluding hydrogens is 484 g/mol. The fourth-order valence-electron chi connectivity index (χ4n) is 3.52. The molecule has 182 valence electrons. The number of nitrogens with one attached hydrogen (secondary N) is 1. The summed E-state index contributed by atoms with van der Waals surface area (Å²) in [4.78, 5) is 50.8. The van der Waals surface area contributed by atoms with E-state index >= 15 is 0 Å². The van der Waals surface area contributed by atoms with E-state index in [1.54, 1.807) is 18.2 Å². The van der Waals surface area contributed by atoms with Crippen LogP contribution in [0.2, 0.25) is 0 Å². The molecule has 0 saturated heterocycles. The number of nitrogens with zero attached hydrogens (tertiary/aromatic N) is 1. The van der Waals surface area contributed by atoms with Crippen molar-refractivity contribution in [2.24, 2.45) is 0 Å². The normalized spacial score (nSPS) is 13.2. The molecule has 0 radical (unpaired) electrons. The molecule has 0 fully saturated rings. The van der Waals surface area contributed by atoms with Crippen LogP contribution >= 0.6 is 11.6 Å². The van der Waals surface area contributed by atoms with Crippen molar-refractivity contribution >= 4 is 46.7 Å². The molecule has 8 nitrogen and oxygen atoms in total.